The largest absolute Gasteiger partial charge is 0.486 e. The third-order valence-electron chi connectivity index (χ3n) is 6.67. The number of hydrogen-bond acceptors (Lipinski definition) is 4. The van der Waals surface area contributed by atoms with Gasteiger partial charge in [0.15, 0.2) is 11.6 Å². The van der Waals surface area contributed by atoms with Crippen molar-refractivity contribution in [1.82, 2.24) is 15.1 Å². The molecule has 6 nitrogen and oxygen atoms in total. The fraction of sp³-hybridized carbons (Fsp3) is 0.565. The Morgan fingerprint density at radius 3 is 2.70 bits per heavy atom. The van der Waals surface area contributed by atoms with Gasteiger partial charge in [0, 0.05) is 23.8 Å². The summed E-state index contributed by atoms with van der Waals surface area (Å²) in [6.45, 7) is 10.2. The summed E-state index contributed by atoms with van der Waals surface area (Å²) in [5, 5.41) is 2.72. The van der Waals surface area contributed by atoms with Gasteiger partial charge in [0.1, 0.15) is 12.1 Å². The van der Waals surface area contributed by atoms with Crippen LogP contribution >= 0.6 is 0 Å². The van der Waals surface area contributed by atoms with Crippen LogP contribution in [0.3, 0.4) is 0 Å². The first-order valence-electron chi connectivity index (χ1n) is 11.0. The first kappa shape index (κ1) is 20.8. The zero-order valence-electron chi connectivity index (χ0n) is 17.7. The van der Waals surface area contributed by atoms with E-state index in [0.717, 1.165) is 32.4 Å². The quantitative estimate of drug-likeness (QED) is 0.775. The van der Waals surface area contributed by atoms with Gasteiger partial charge < -0.3 is 15.0 Å². The average Bonchev–Trinajstić information content (AvgIpc) is 3.29. The highest BCUT2D eigenvalue weighted by atomic mass is 19.1. The average molecular weight is 416 g/mol. The number of ether oxygens (including phenoxy) is 1. The molecular formula is C23H30FN3O3. The van der Waals surface area contributed by atoms with Gasteiger partial charge in [-0.15, -0.1) is 0 Å². The Morgan fingerprint density at radius 2 is 2.00 bits per heavy atom. The van der Waals surface area contributed by atoms with Crippen LogP contribution in [0.1, 0.15) is 61.9 Å². The first-order chi connectivity index (χ1) is 14.4. The van der Waals surface area contributed by atoms with Gasteiger partial charge in [0.2, 0.25) is 5.91 Å². The van der Waals surface area contributed by atoms with Crippen LogP contribution in [0.5, 0.6) is 5.75 Å². The maximum absolute atomic E-state index is 14.9. The summed E-state index contributed by atoms with van der Waals surface area (Å²) in [5.41, 5.74) is 1.70. The van der Waals surface area contributed by atoms with E-state index in [2.05, 4.69) is 30.6 Å². The molecule has 1 unspecified atom stereocenters. The van der Waals surface area contributed by atoms with Gasteiger partial charge in [-0.2, -0.15) is 0 Å². The molecule has 2 fully saturated rings. The molecule has 1 aromatic carbocycles. The molecule has 0 radical (unpaired) electrons. The van der Waals surface area contributed by atoms with E-state index in [4.69, 9.17) is 4.74 Å². The number of likely N-dealkylation sites (N-methyl/N-ethyl adjacent to an activating group) is 1. The van der Waals surface area contributed by atoms with Gasteiger partial charge in [-0.25, -0.2) is 4.39 Å². The molecular weight excluding hydrogens is 385 g/mol. The number of amides is 2. The van der Waals surface area contributed by atoms with Crippen molar-refractivity contribution in [3.05, 3.63) is 41.4 Å². The van der Waals surface area contributed by atoms with Crippen molar-refractivity contribution in [3.63, 3.8) is 0 Å². The lowest BCUT2D eigenvalue weighted by Crippen LogP contribution is -2.49. The molecule has 3 atom stereocenters. The highest BCUT2D eigenvalue weighted by Crippen LogP contribution is 2.35. The number of carbonyl (C=O) groups is 2. The third-order valence-corrected chi connectivity index (χ3v) is 6.67. The number of fused-ring (bicyclic) bond motifs is 1. The number of carbonyl (C=O) groups excluding carboxylic acids is 2. The predicted octanol–water partition coefficient (Wildman–Crippen LogP) is 3.22. The monoisotopic (exact) mass is 415 g/mol. The molecule has 1 aliphatic carbocycles. The van der Waals surface area contributed by atoms with Crippen LogP contribution in [0, 0.1) is 5.82 Å². The van der Waals surface area contributed by atoms with Crippen LogP contribution in [0.25, 0.3) is 0 Å². The molecule has 2 heterocycles. The summed E-state index contributed by atoms with van der Waals surface area (Å²) in [6, 6.07) is 2.66. The molecule has 3 aliphatic rings. The fourth-order valence-electron chi connectivity index (χ4n) is 5.05. The molecule has 1 saturated heterocycles. The second kappa shape index (κ2) is 8.38. The number of benzene rings is 1. The lowest BCUT2D eigenvalue weighted by atomic mass is 10.0. The number of halogens is 1. The van der Waals surface area contributed by atoms with Crippen LogP contribution in [-0.4, -0.2) is 52.9 Å². The Kier molecular flexibility index (Phi) is 5.82. The van der Waals surface area contributed by atoms with E-state index in [0.29, 0.717) is 36.2 Å². The van der Waals surface area contributed by atoms with E-state index in [-0.39, 0.29) is 29.7 Å². The van der Waals surface area contributed by atoms with Crippen LogP contribution in [0.2, 0.25) is 0 Å². The molecule has 0 bridgehead atoms. The van der Waals surface area contributed by atoms with Crippen molar-refractivity contribution < 1.29 is 18.7 Å². The minimum absolute atomic E-state index is 0.0548. The van der Waals surface area contributed by atoms with E-state index >= 15 is 0 Å². The number of hydrogen-bond donors (Lipinski definition) is 1. The summed E-state index contributed by atoms with van der Waals surface area (Å²) in [4.78, 5) is 29.1. The summed E-state index contributed by atoms with van der Waals surface area (Å²) in [7, 11) is 0. The van der Waals surface area contributed by atoms with E-state index < -0.39 is 11.9 Å². The molecule has 2 aliphatic heterocycles. The van der Waals surface area contributed by atoms with E-state index in [1.807, 2.05) is 0 Å². The zero-order valence-corrected chi connectivity index (χ0v) is 17.7. The van der Waals surface area contributed by atoms with Crippen LogP contribution in [0.15, 0.2) is 24.4 Å². The zero-order chi connectivity index (χ0) is 21.4. The molecule has 1 aromatic rings. The molecule has 0 aromatic heterocycles. The molecule has 162 valence electrons. The predicted molar refractivity (Wildman–Crippen MR) is 112 cm³/mol. The second-order valence-electron chi connectivity index (χ2n) is 8.40. The van der Waals surface area contributed by atoms with Gasteiger partial charge in [-0.1, -0.05) is 20.4 Å². The number of rotatable bonds is 6. The molecule has 2 amide bonds. The van der Waals surface area contributed by atoms with Gasteiger partial charge in [0.05, 0.1) is 0 Å². The lowest BCUT2D eigenvalue weighted by Gasteiger charge is -2.31. The smallest absolute Gasteiger partial charge is 0.255 e. The maximum atomic E-state index is 14.9. The van der Waals surface area contributed by atoms with Crippen LogP contribution in [-0.2, 0) is 11.3 Å². The van der Waals surface area contributed by atoms with Crippen molar-refractivity contribution in [2.75, 3.05) is 13.1 Å². The minimum atomic E-state index is -0.551. The first-order valence-corrected chi connectivity index (χ1v) is 11.0. The number of nitrogens with one attached hydrogen (secondary N) is 1. The normalized spacial score (nSPS) is 26.3. The molecule has 1 N–H and O–H groups in total. The Balaban J connectivity index is 1.53. The second-order valence-corrected chi connectivity index (χ2v) is 8.40. The van der Waals surface area contributed by atoms with Crippen LogP contribution in [0.4, 0.5) is 4.39 Å². The maximum Gasteiger partial charge on any atom is 0.255 e. The van der Waals surface area contributed by atoms with E-state index in [1.165, 1.54) is 11.0 Å². The van der Waals surface area contributed by atoms with Crippen molar-refractivity contribution in [2.24, 2.45) is 0 Å². The highest BCUT2D eigenvalue weighted by molar-refractivity contribution is 6.01. The Hall–Kier alpha value is -2.41. The highest BCUT2D eigenvalue weighted by Gasteiger charge is 2.39. The van der Waals surface area contributed by atoms with Crippen LogP contribution < -0.4 is 10.1 Å². The molecule has 1 saturated carbocycles. The minimum Gasteiger partial charge on any atom is -0.486 e. The van der Waals surface area contributed by atoms with Crippen molar-refractivity contribution >= 4 is 11.8 Å². The van der Waals surface area contributed by atoms with Crippen molar-refractivity contribution in [2.45, 2.75) is 70.7 Å². The summed E-state index contributed by atoms with van der Waals surface area (Å²) in [6.07, 6.45) is 4.12. The Bertz CT molecular complexity index is 867. The van der Waals surface area contributed by atoms with Gasteiger partial charge >= 0.3 is 0 Å². The fourth-order valence-corrected chi connectivity index (χ4v) is 5.05. The summed E-state index contributed by atoms with van der Waals surface area (Å²) >= 11 is 0. The summed E-state index contributed by atoms with van der Waals surface area (Å²) < 4.78 is 21.0. The number of allylic oxidation sites excluding steroid dienone is 1. The molecule has 30 heavy (non-hydrogen) atoms. The summed E-state index contributed by atoms with van der Waals surface area (Å²) in [5.74, 6) is -0.841. The van der Waals surface area contributed by atoms with E-state index in [1.54, 1.807) is 6.07 Å². The number of nitrogens with zero attached hydrogens (tertiary/aromatic N) is 2. The molecule has 0 spiro atoms. The number of piperidine rings is 1. The standard InChI is InChI=1S/C23H30FN3O3/c1-4-26(5-2)18-7-6-8-20(18)30-21-11-15-13-27(23(29)16(15)12-17(21)24)19-10-9-14(3)25-22(19)28/h11-12,18-20H,3-10,13H2,1-2H3,(H,25,28)/t18-,19?,20-/m0/s1. The van der Waals surface area contributed by atoms with E-state index in [9.17, 15) is 14.0 Å². The van der Waals surface area contributed by atoms with Gasteiger partial charge in [0.25, 0.3) is 5.91 Å². The third kappa shape index (κ3) is 3.71. The molecule has 7 heteroatoms. The van der Waals surface area contributed by atoms with Gasteiger partial charge in [-0.05, 0) is 62.9 Å². The topological polar surface area (TPSA) is 61.9 Å². The lowest BCUT2D eigenvalue weighted by molar-refractivity contribution is -0.126. The SMILES string of the molecule is C=C1CCC(N2Cc3cc(O[C@H]4CCC[C@@H]4N(CC)CC)c(F)cc3C2=O)C(=O)N1. The van der Waals surface area contributed by atoms with Crippen molar-refractivity contribution in [3.8, 4) is 5.75 Å². The molecule has 4 rings (SSSR count). The Labute approximate surface area is 177 Å². The Morgan fingerprint density at radius 1 is 1.23 bits per heavy atom. The van der Waals surface area contributed by atoms with Crippen molar-refractivity contribution in [1.29, 1.82) is 0 Å². The van der Waals surface area contributed by atoms with Gasteiger partial charge in [-0.3, -0.25) is 14.5 Å².